The maximum Gasteiger partial charge on any atom is 0.322 e. The van der Waals surface area contributed by atoms with Crippen LogP contribution in [-0.4, -0.2) is 74.9 Å². The van der Waals surface area contributed by atoms with E-state index in [1.165, 1.54) is 17.5 Å². The molecule has 0 radical (unpaired) electrons. The van der Waals surface area contributed by atoms with Crippen molar-refractivity contribution in [2.75, 3.05) is 45.5 Å². The summed E-state index contributed by atoms with van der Waals surface area (Å²) in [7, 11) is 1.71. The molecule has 0 spiro atoms. The van der Waals surface area contributed by atoms with Crippen LogP contribution in [0.5, 0.6) is 0 Å². The molecule has 0 fully saturated rings. The number of rotatable bonds is 12. The van der Waals surface area contributed by atoms with Gasteiger partial charge in [0.2, 0.25) is 0 Å². The molecule has 1 aromatic rings. The van der Waals surface area contributed by atoms with Gasteiger partial charge in [0.25, 0.3) is 0 Å². The number of nitrogens with one attached hydrogen (secondary N) is 4. The highest BCUT2D eigenvalue weighted by molar-refractivity contribution is 7.97. The number of nitrogens with two attached hydrogens (primary N) is 1. The Kier molecular flexibility index (Phi) is 20.3. The van der Waals surface area contributed by atoms with Gasteiger partial charge in [0.05, 0.1) is 0 Å². The zero-order valence-electron chi connectivity index (χ0n) is 20.2. The standard InChI is InChI=1S/C10H12O.C7H15N3.C6H15N3O2S/c1-2-3-9-4-6-10(8-11)7-5-9;1-2-4-8-7-9-5-3-6-10-7;1-8-4-5(6(10)11)9-12-3-2-7/h4-8H,2-3H2,1H3;2-6H2,1H3,(H2,8,9,10);5,8-9H,2-4,7H2,1H3,(H,10,11). The second kappa shape index (κ2) is 21.7. The molecule has 9 nitrogen and oxygen atoms in total. The number of aliphatic carboxylic acids is 1. The van der Waals surface area contributed by atoms with Crippen LogP contribution in [0.2, 0.25) is 0 Å². The Balaban J connectivity index is 0.000000467. The Hall–Kier alpha value is -2.14. The van der Waals surface area contributed by atoms with Crippen LogP contribution >= 0.6 is 11.9 Å². The third-order valence-corrected chi connectivity index (χ3v) is 5.14. The minimum atomic E-state index is -0.853. The van der Waals surface area contributed by atoms with Crippen molar-refractivity contribution in [2.45, 2.75) is 45.6 Å². The third-order valence-electron chi connectivity index (χ3n) is 4.25. The van der Waals surface area contributed by atoms with Gasteiger partial charge in [-0.2, -0.15) is 0 Å². The molecule has 33 heavy (non-hydrogen) atoms. The predicted molar refractivity (Wildman–Crippen MR) is 139 cm³/mol. The smallest absolute Gasteiger partial charge is 0.322 e. The Morgan fingerprint density at radius 1 is 1.30 bits per heavy atom. The summed E-state index contributed by atoms with van der Waals surface area (Å²) in [6.45, 7) is 8.31. The minimum Gasteiger partial charge on any atom is -0.480 e. The van der Waals surface area contributed by atoms with Crippen molar-refractivity contribution in [3.05, 3.63) is 35.4 Å². The van der Waals surface area contributed by atoms with Gasteiger partial charge in [-0.3, -0.25) is 14.6 Å². The number of carbonyl (C=O) groups excluding carboxylic acids is 1. The molecule has 10 heteroatoms. The summed E-state index contributed by atoms with van der Waals surface area (Å²) in [6.07, 6.45) is 5.44. The van der Waals surface area contributed by atoms with Crippen molar-refractivity contribution in [1.82, 2.24) is 20.7 Å². The molecule has 1 aliphatic heterocycles. The number of aryl methyl sites for hydroxylation is 1. The van der Waals surface area contributed by atoms with E-state index in [1.54, 1.807) is 7.05 Å². The van der Waals surface area contributed by atoms with E-state index in [-0.39, 0.29) is 0 Å². The number of aliphatic imine (C=N–C) groups is 1. The predicted octanol–water partition coefficient (Wildman–Crippen LogP) is 1.64. The molecule has 1 atom stereocenters. The highest BCUT2D eigenvalue weighted by atomic mass is 32.2. The highest BCUT2D eigenvalue weighted by Crippen LogP contribution is 2.04. The largest absolute Gasteiger partial charge is 0.480 e. The molecule has 0 aliphatic carbocycles. The second-order valence-corrected chi connectivity index (χ2v) is 8.18. The summed E-state index contributed by atoms with van der Waals surface area (Å²) < 4.78 is 2.80. The zero-order valence-corrected chi connectivity index (χ0v) is 21.0. The molecular weight excluding hydrogens is 440 g/mol. The highest BCUT2D eigenvalue weighted by Gasteiger charge is 2.14. The van der Waals surface area contributed by atoms with Gasteiger partial charge in [0.1, 0.15) is 12.3 Å². The lowest BCUT2D eigenvalue weighted by molar-refractivity contribution is -0.138. The minimum absolute atomic E-state index is 0.410. The van der Waals surface area contributed by atoms with Gasteiger partial charge in [0.15, 0.2) is 5.96 Å². The number of carboxylic acids is 1. The molecule has 1 aromatic carbocycles. The van der Waals surface area contributed by atoms with Crippen LogP contribution in [0.15, 0.2) is 29.3 Å². The number of aldehydes is 1. The summed E-state index contributed by atoms with van der Waals surface area (Å²) in [5, 5.41) is 17.8. The van der Waals surface area contributed by atoms with Gasteiger partial charge in [-0.25, -0.2) is 4.72 Å². The van der Waals surface area contributed by atoms with E-state index in [2.05, 4.69) is 39.5 Å². The van der Waals surface area contributed by atoms with Crippen molar-refractivity contribution in [3.8, 4) is 0 Å². The summed E-state index contributed by atoms with van der Waals surface area (Å²) >= 11 is 1.33. The quantitative estimate of drug-likeness (QED) is 0.149. The lowest BCUT2D eigenvalue weighted by atomic mass is 10.1. The van der Waals surface area contributed by atoms with Gasteiger partial charge < -0.3 is 26.8 Å². The molecule has 7 N–H and O–H groups in total. The Morgan fingerprint density at radius 2 is 2.03 bits per heavy atom. The topological polar surface area (TPSA) is 141 Å². The summed E-state index contributed by atoms with van der Waals surface area (Å²) in [6, 6.07) is 7.18. The van der Waals surface area contributed by atoms with Gasteiger partial charge in [-0.15, -0.1) is 0 Å². The number of benzene rings is 1. The summed E-state index contributed by atoms with van der Waals surface area (Å²) in [5.74, 6) is 0.843. The molecule has 2 rings (SSSR count). The van der Waals surface area contributed by atoms with Gasteiger partial charge >= 0.3 is 5.97 Å². The molecule has 1 unspecified atom stereocenters. The normalized spacial score (nSPS) is 13.2. The zero-order chi connectivity index (χ0) is 24.7. The first-order valence-corrected chi connectivity index (χ1v) is 12.5. The summed E-state index contributed by atoms with van der Waals surface area (Å²) in [4.78, 5) is 25.1. The number of guanidine groups is 1. The van der Waals surface area contributed by atoms with Crippen LogP contribution < -0.4 is 26.4 Å². The van der Waals surface area contributed by atoms with Crippen molar-refractivity contribution in [3.63, 3.8) is 0 Å². The van der Waals surface area contributed by atoms with Crippen LogP contribution in [0.4, 0.5) is 0 Å². The number of likely N-dealkylation sites (N-methyl/N-ethyl adjacent to an activating group) is 1. The number of hydrogen-bond donors (Lipinski definition) is 6. The molecule has 0 bridgehead atoms. The SMILES string of the molecule is CCCNC1=NCCCN1.CCCc1ccc(C=O)cc1.CNCC(NSCCN)C(=O)O. The Bertz CT molecular complexity index is 658. The molecular formula is C23H42N6O3S. The number of carbonyl (C=O) groups is 2. The average Bonchev–Trinajstić information content (AvgIpc) is 2.84. The fourth-order valence-electron chi connectivity index (χ4n) is 2.55. The molecule has 0 amide bonds. The lowest BCUT2D eigenvalue weighted by Crippen LogP contribution is -2.40. The first-order valence-electron chi connectivity index (χ1n) is 11.5. The van der Waals surface area contributed by atoms with Gasteiger partial charge in [-0.1, -0.05) is 56.5 Å². The van der Waals surface area contributed by atoms with Crippen LogP contribution in [-0.2, 0) is 11.2 Å². The van der Waals surface area contributed by atoms with E-state index in [0.29, 0.717) is 18.8 Å². The number of nitrogens with zero attached hydrogens (tertiary/aromatic N) is 1. The number of carboxylic acid groups (broad SMARTS) is 1. The van der Waals surface area contributed by atoms with Crippen molar-refractivity contribution < 1.29 is 14.7 Å². The first-order chi connectivity index (χ1) is 16.0. The Labute approximate surface area is 202 Å². The van der Waals surface area contributed by atoms with Crippen molar-refractivity contribution in [2.24, 2.45) is 10.7 Å². The fourth-order valence-corrected chi connectivity index (χ4v) is 3.17. The monoisotopic (exact) mass is 482 g/mol. The van der Waals surface area contributed by atoms with Gasteiger partial charge in [-0.05, 0) is 31.9 Å². The van der Waals surface area contributed by atoms with Gasteiger partial charge in [0, 0.05) is 44.0 Å². The van der Waals surface area contributed by atoms with E-state index in [1.807, 2.05) is 24.3 Å². The van der Waals surface area contributed by atoms with E-state index >= 15 is 0 Å². The lowest BCUT2D eigenvalue weighted by Gasteiger charge is -2.14. The van der Waals surface area contributed by atoms with Crippen LogP contribution in [0.25, 0.3) is 0 Å². The molecule has 0 saturated carbocycles. The molecule has 188 valence electrons. The second-order valence-electron chi connectivity index (χ2n) is 7.25. The van der Waals surface area contributed by atoms with Crippen molar-refractivity contribution >= 4 is 30.2 Å². The van der Waals surface area contributed by atoms with E-state index in [0.717, 1.165) is 63.1 Å². The van der Waals surface area contributed by atoms with Crippen LogP contribution in [0.3, 0.4) is 0 Å². The average molecular weight is 483 g/mol. The van der Waals surface area contributed by atoms with Crippen LogP contribution in [0.1, 0.15) is 49.0 Å². The van der Waals surface area contributed by atoms with Crippen LogP contribution in [0, 0.1) is 0 Å². The van der Waals surface area contributed by atoms with E-state index in [9.17, 15) is 9.59 Å². The third kappa shape index (κ3) is 17.1. The maximum absolute atomic E-state index is 10.5. The number of hydrogen-bond acceptors (Lipinski definition) is 9. The van der Waals surface area contributed by atoms with E-state index < -0.39 is 12.0 Å². The molecule has 1 aliphatic rings. The van der Waals surface area contributed by atoms with E-state index in [4.69, 9.17) is 10.8 Å². The molecule has 0 saturated heterocycles. The maximum atomic E-state index is 10.5. The molecule has 1 heterocycles. The van der Waals surface area contributed by atoms with Crippen molar-refractivity contribution in [1.29, 1.82) is 0 Å². The summed E-state index contributed by atoms with van der Waals surface area (Å²) in [5.41, 5.74) is 7.30. The fraction of sp³-hybridized carbons (Fsp3) is 0.609. The first kappa shape index (κ1) is 30.9. The Morgan fingerprint density at radius 3 is 2.52 bits per heavy atom. The molecule has 0 aromatic heterocycles.